The average molecular weight is 119 g/mol. The van der Waals surface area contributed by atoms with Gasteiger partial charge in [0.2, 0.25) is 0 Å². The lowest BCUT2D eigenvalue weighted by atomic mass is 10.6. The zero-order valence-corrected chi connectivity index (χ0v) is 5.55. The van der Waals surface area contributed by atoms with Gasteiger partial charge in [0.15, 0.2) is 6.29 Å². The SMILES string of the molecule is COC(C)OC(C)N. The zero-order chi connectivity index (χ0) is 6.57. The Morgan fingerprint density at radius 3 is 2.00 bits per heavy atom. The van der Waals surface area contributed by atoms with E-state index in [0.29, 0.717) is 0 Å². The van der Waals surface area contributed by atoms with Crippen LogP contribution in [0.15, 0.2) is 0 Å². The van der Waals surface area contributed by atoms with Crippen LogP contribution >= 0.6 is 0 Å². The monoisotopic (exact) mass is 119 g/mol. The first-order valence-electron chi connectivity index (χ1n) is 2.60. The van der Waals surface area contributed by atoms with Crippen molar-refractivity contribution in [2.24, 2.45) is 5.73 Å². The van der Waals surface area contributed by atoms with Crippen molar-refractivity contribution in [1.29, 1.82) is 0 Å². The first kappa shape index (κ1) is 7.88. The molecule has 0 aliphatic heterocycles. The van der Waals surface area contributed by atoms with Crippen molar-refractivity contribution in [3.63, 3.8) is 0 Å². The Morgan fingerprint density at radius 2 is 1.88 bits per heavy atom. The van der Waals surface area contributed by atoms with Gasteiger partial charge in [-0.05, 0) is 13.8 Å². The molecule has 3 nitrogen and oxygen atoms in total. The van der Waals surface area contributed by atoms with E-state index in [2.05, 4.69) is 0 Å². The van der Waals surface area contributed by atoms with Crippen molar-refractivity contribution in [2.75, 3.05) is 7.11 Å². The second kappa shape index (κ2) is 3.83. The fourth-order valence-electron chi connectivity index (χ4n) is 0.358. The number of methoxy groups -OCH3 is 1. The molecule has 0 aromatic carbocycles. The van der Waals surface area contributed by atoms with Gasteiger partial charge in [0.1, 0.15) is 6.23 Å². The van der Waals surface area contributed by atoms with Crippen LogP contribution in [0, 0.1) is 0 Å². The summed E-state index contributed by atoms with van der Waals surface area (Å²) in [7, 11) is 1.58. The number of hydrogen-bond donors (Lipinski definition) is 1. The minimum atomic E-state index is -0.245. The third kappa shape index (κ3) is 4.05. The van der Waals surface area contributed by atoms with Crippen LogP contribution in [0.5, 0.6) is 0 Å². The summed E-state index contributed by atoms with van der Waals surface area (Å²) >= 11 is 0. The van der Waals surface area contributed by atoms with Crippen molar-refractivity contribution in [3.05, 3.63) is 0 Å². The fourth-order valence-corrected chi connectivity index (χ4v) is 0.358. The molecule has 0 radical (unpaired) electrons. The predicted molar refractivity (Wildman–Crippen MR) is 31.2 cm³/mol. The van der Waals surface area contributed by atoms with Crippen LogP contribution in [-0.2, 0) is 9.47 Å². The normalized spacial score (nSPS) is 18.0. The van der Waals surface area contributed by atoms with Gasteiger partial charge >= 0.3 is 0 Å². The van der Waals surface area contributed by atoms with Crippen molar-refractivity contribution < 1.29 is 9.47 Å². The van der Waals surface area contributed by atoms with Gasteiger partial charge in [-0.1, -0.05) is 0 Å². The molecule has 3 heteroatoms. The molecule has 2 unspecified atom stereocenters. The second-order valence-corrected chi connectivity index (χ2v) is 1.64. The molecule has 0 aliphatic rings. The Hall–Kier alpha value is -0.120. The Bertz CT molecular complexity index is 56.4. The van der Waals surface area contributed by atoms with Gasteiger partial charge in [0, 0.05) is 7.11 Å². The van der Waals surface area contributed by atoms with Crippen molar-refractivity contribution >= 4 is 0 Å². The van der Waals surface area contributed by atoms with E-state index in [1.165, 1.54) is 0 Å². The second-order valence-electron chi connectivity index (χ2n) is 1.64. The summed E-state index contributed by atoms with van der Waals surface area (Å²) in [5.74, 6) is 0. The maximum absolute atomic E-state index is 5.27. The molecule has 0 spiro atoms. The lowest BCUT2D eigenvalue weighted by Crippen LogP contribution is -2.25. The summed E-state index contributed by atoms with van der Waals surface area (Å²) in [6, 6.07) is 0. The molecule has 0 aliphatic carbocycles. The summed E-state index contributed by atoms with van der Waals surface area (Å²) in [6.45, 7) is 3.55. The maximum atomic E-state index is 5.27. The van der Waals surface area contributed by atoms with E-state index in [1.54, 1.807) is 21.0 Å². The summed E-state index contributed by atoms with van der Waals surface area (Å²) in [5.41, 5.74) is 5.27. The summed E-state index contributed by atoms with van der Waals surface area (Å²) in [6.07, 6.45) is -0.444. The van der Waals surface area contributed by atoms with Crippen LogP contribution in [0.25, 0.3) is 0 Å². The molecule has 0 amide bonds. The fraction of sp³-hybridized carbons (Fsp3) is 1.00. The average Bonchev–Trinajstić information content (AvgIpc) is 1.65. The number of ether oxygens (including phenoxy) is 2. The molecule has 50 valence electrons. The molecule has 0 rings (SSSR count). The van der Waals surface area contributed by atoms with Crippen LogP contribution < -0.4 is 5.73 Å². The Kier molecular flexibility index (Phi) is 3.77. The van der Waals surface area contributed by atoms with E-state index >= 15 is 0 Å². The number of rotatable bonds is 3. The topological polar surface area (TPSA) is 44.5 Å². The smallest absolute Gasteiger partial charge is 0.156 e. The highest BCUT2D eigenvalue weighted by atomic mass is 16.7. The molecule has 0 aromatic heterocycles. The van der Waals surface area contributed by atoms with Gasteiger partial charge in [-0.25, -0.2) is 0 Å². The minimum Gasteiger partial charge on any atom is -0.356 e. The van der Waals surface area contributed by atoms with Gasteiger partial charge < -0.3 is 15.2 Å². The van der Waals surface area contributed by atoms with E-state index in [4.69, 9.17) is 15.2 Å². The van der Waals surface area contributed by atoms with Crippen LogP contribution in [0.4, 0.5) is 0 Å². The lowest BCUT2D eigenvalue weighted by molar-refractivity contribution is -0.137. The first-order chi connectivity index (χ1) is 3.66. The summed E-state index contributed by atoms with van der Waals surface area (Å²) in [5, 5.41) is 0. The molecule has 2 atom stereocenters. The molecule has 0 heterocycles. The van der Waals surface area contributed by atoms with E-state index in [-0.39, 0.29) is 12.5 Å². The Balaban J connectivity index is 3.10. The highest BCUT2D eigenvalue weighted by Crippen LogP contribution is 1.91. The van der Waals surface area contributed by atoms with Gasteiger partial charge in [-0.15, -0.1) is 0 Å². The maximum Gasteiger partial charge on any atom is 0.156 e. The molecule has 2 N–H and O–H groups in total. The molecule has 0 aromatic rings. The molecule has 0 fully saturated rings. The third-order valence-electron chi connectivity index (χ3n) is 0.738. The highest BCUT2D eigenvalue weighted by molar-refractivity contribution is 4.33. The summed E-state index contributed by atoms with van der Waals surface area (Å²) in [4.78, 5) is 0. The minimum absolute atomic E-state index is 0.199. The van der Waals surface area contributed by atoms with Crippen molar-refractivity contribution in [2.45, 2.75) is 26.4 Å². The van der Waals surface area contributed by atoms with E-state index < -0.39 is 0 Å². The Morgan fingerprint density at radius 1 is 1.38 bits per heavy atom. The molecule has 0 bridgehead atoms. The van der Waals surface area contributed by atoms with E-state index in [1.807, 2.05) is 0 Å². The molecular formula is C5H13NO2. The zero-order valence-electron chi connectivity index (χ0n) is 5.55. The Labute approximate surface area is 49.8 Å². The first-order valence-corrected chi connectivity index (χ1v) is 2.60. The van der Waals surface area contributed by atoms with Gasteiger partial charge in [-0.3, -0.25) is 0 Å². The van der Waals surface area contributed by atoms with Gasteiger partial charge in [-0.2, -0.15) is 0 Å². The van der Waals surface area contributed by atoms with Crippen LogP contribution in [0.3, 0.4) is 0 Å². The number of nitrogens with two attached hydrogens (primary N) is 1. The number of hydrogen-bond acceptors (Lipinski definition) is 3. The van der Waals surface area contributed by atoms with Gasteiger partial charge in [0.05, 0.1) is 0 Å². The largest absolute Gasteiger partial charge is 0.356 e. The van der Waals surface area contributed by atoms with E-state index in [0.717, 1.165) is 0 Å². The quantitative estimate of drug-likeness (QED) is 0.543. The van der Waals surface area contributed by atoms with Crippen molar-refractivity contribution in [3.8, 4) is 0 Å². The molecule has 8 heavy (non-hydrogen) atoms. The van der Waals surface area contributed by atoms with Gasteiger partial charge in [0.25, 0.3) is 0 Å². The van der Waals surface area contributed by atoms with Crippen LogP contribution in [0.2, 0.25) is 0 Å². The highest BCUT2D eigenvalue weighted by Gasteiger charge is 1.99. The molecule has 0 saturated carbocycles. The molecule has 0 saturated heterocycles. The summed E-state index contributed by atoms with van der Waals surface area (Å²) < 4.78 is 9.71. The van der Waals surface area contributed by atoms with E-state index in [9.17, 15) is 0 Å². The van der Waals surface area contributed by atoms with Crippen molar-refractivity contribution in [1.82, 2.24) is 0 Å². The molecular weight excluding hydrogens is 106 g/mol. The third-order valence-corrected chi connectivity index (χ3v) is 0.738. The predicted octanol–water partition coefficient (Wildman–Crippen LogP) is 0.300. The van der Waals surface area contributed by atoms with Crippen LogP contribution in [-0.4, -0.2) is 19.6 Å². The van der Waals surface area contributed by atoms with Crippen LogP contribution in [0.1, 0.15) is 13.8 Å². The lowest BCUT2D eigenvalue weighted by Gasteiger charge is -2.12. The standard InChI is InChI=1S/C5H13NO2/c1-4(6)8-5(2)7-3/h4-5H,6H2,1-3H3.